The predicted octanol–water partition coefficient (Wildman–Crippen LogP) is 2.47. The van der Waals surface area contributed by atoms with Gasteiger partial charge in [0.15, 0.2) is 0 Å². The van der Waals surface area contributed by atoms with E-state index in [1.54, 1.807) is 0 Å². The molecule has 0 nitrogen and oxygen atoms in total. The van der Waals surface area contributed by atoms with Crippen molar-refractivity contribution in [2.45, 2.75) is 20.8 Å². The quantitative estimate of drug-likeness (QED) is 0.338. The molecule has 2 heteroatoms. The van der Waals surface area contributed by atoms with Crippen molar-refractivity contribution >= 4 is 13.6 Å². The molecule has 0 aromatic carbocycles. The first-order valence-electron chi connectivity index (χ1n) is 2.27. The first kappa shape index (κ1) is 11.5. The maximum atomic E-state index is 6.60. The van der Waals surface area contributed by atoms with Crippen molar-refractivity contribution in [3.63, 3.8) is 0 Å². The van der Waals surface area contributed by atoms with Crippen molar-refractivity contribution in [1.29, 1.82) is 0 Å². The molecule has 0 aliphatic heterocycles. The molecule has 0 rings (SSSR count). The van der Waals surface area contributed by atoms with Crippen LogP contribution in [0, 0.1) is 17.8 Å². The second-order valence-corrected chi connectivity index (χ2v) is 2.38. The van der Waals surface area contributed by atoms with Gasteiger partial charge in [-0.1, -0.05) is 20.8 Å². The first-order chi connectivity index (χ1) is 3.56. The second kappa shape index (κ2) is 5.79. The summed E-state index contributed by atoms with van der Waals surface area (Å²) < 4.78 is 0. The Morgan fingerprint density at radius 1 is 1.38 bits per heavy atom. The SMILES string of the molecule is [C-]#CC(C)(C)C.[Zn+][Br]. The van der Waals surface area contributed by atoms with Crippen molar-refractivity contribution in [2.24, 2.45) is 5.41 Å². The molecule has 0 fully saturated rings. The molecule has 0 spiro atoms. The number of hydrogen-bond acceptors (Lipinski definition) is 0. The molecule has 0 unspecified atom stereocenters. The Morgan fingerprint density at radius 3 is 1.50 bits per heavy atom. The van der Waals surface area contributed by atoms with Crippen LogP contribution in [0.1, 0.15) is 20.8 Å². The van der Waals surface area contributed by atoms with Crippen LogP contribution in [0.3, 0.4) is 0 Å². The molecule has 0 aromatic heterocycles. The summed E-state index contributed by atoms with van der Waals surface area (Å²) in [5.41, 5.74) is -0.0417. The zero-order valence-corrected chi connectivity index (χ0v) is 10.1. The third kappa shape index (κ3) is 15.9. The molecule has 0 amide bonds. The summed E-state index contributed by atoms with van der Waals surface area (Å²) in [6, 6.07) is 0. The van der Waals surface area contributed by atoms with Crippen LogP contribution >= 0.6 is 13.6 Å². The summed E-state index contributed by atoms with van der Waals surface area (Å²) in [6.45, 7) is 5.83. The Bertz CT molecular complexity index is 75.5. The number of hydrogen-bond donors (Lipinski definition) is 0. The van der Waals surface area contributed by atoms with E-state index in [9.17, 15) is 0 Å². The minimum absolute atomic E-state index is 0.0417. The van der Waals surface area contributed by atoms with E-state index in [1.807, 2.05) is 20.8 Å². The van der Waals surface area contributed by atoms with E-state index in [2.05, 4.69) is 19.5 Å². The average Bonchev–Trinajstić information content (AvgIpc) is 1.71. The van der Waals surface area contributed by atoms with Crippen LogP contribution in [0.5, 0.6) is 0 Å². The molecule has 0 aliphatic carbocycles. The van der Waals surface area contributed by atoms with Gasteiger partial charge in [-0.3, -0.25) is 0 Å². The summed E-state index contributed by atoms with van der Waals surface area (Å²) in [5, 5.41) is 0. The van der Waals surface area contributed by atoms with Gasteiger partial charge in [-0.2, -0.15) is 0 Å². The Kier molecular flexibility index (Phi) is 8.30. The number of halogens is 1. The molecule has 0 aliphatic rings. The van der Waals surface area contributed by atoms with Crippen molar-refractivity contribution < 1.29 is 16.3 Å². The van der Waals surface area contributed by atoms with Crippen LogP contribution in [-0.2, 0) is 16.3 Å². The van der Waals surface area contributed by atoms with Gasteiger partial charge in [-0.15, -0.1) is 0 Å². The van der Waals surface area contributed by atoms with Gasteiger partial charge in [-0.25, -0.2) is 0 Å². The Balaban J connectivity index is 0. The average molecular weight is 226 g/mol. The van der Waals surface area contributed by atoms with E-state index < -0.39 is 0 Å². The van der Waals surface area contributed by atoms with E-state index >= 15 is 0 Å². The van der Waals surface area contributed by atoms with Crippen LogP contribution in [-0.4, -0.2) is 0 Å². The fourth-order valence-electron chi connectivity index (χ4n) is 0. The van der Waals surface area contributed by atoms with Gasteiger partial charge < -0.3 is 12.3 Å². The first-order valence-corrected chi connectivity index (χ1v) is 9.22. The second-order valence-electron chi connectivity index (χ2n) is 2.38. The number of rotatable bonds is 0. The van der Waals surface area contributed by atoms with Gasteiger partial charge in [-0.05, 0) is 5.41 Å². The molecule has 0 aromatic rings. The normalized spacial score (nSPS) is 8.62. The van der Waals surface area contributed by atoms with Crippen molar-refractivity contribution in [2.75, 3.05) is 0 Å². The molecular weight excluding hydrogens is 217 g/mol. The minimum atomic E-state index is -0.0417. The Morgan fingerprint density at radius 2 is 1.50 bits per heavy atom. The van der Waals surface area contributed by atoms with E-state index in [1.165, 1.54) is 16.3 Å². The van der Waals surface area contributed by atoms with E-state index in [4.69, 9.17) is 6.42 Å². The standard InChI is InChI=1S/C6H9.BrH.Zn/c1-5-6(2,3)4;;/h2-4H3;1H;/q-1;;+2/p-1. The van der Waals surface area contributed by atoms with Crippen LogP contribution in [0.2, 0.25) is 0 Å². The van der Waals surface area contributed by atoms with Crippen LogP contribution in [0.4, 0.5) is 0 Å². The topological polar surface area (TPSA) is 0 Å². The molecule has 0 radical (unpaired) electrons. The molecule has 0 atom stereocenters. The molecule has 0 bridgehead atoms. The molecule has 0 saturated carbocycles. The third-order valence-electron chi connectivity index (χ3n) is 0.375. The summed E-state index contributed by atoms with van der Waals surface area (Å²) in [6.07, 6.45) is 6.60. The van der Waals surface area contributed by atoms with Gasteiger partial charge in [0, 0.05) is 0 Å². The van der Waals surface area contributed by atoms with Crippen molar-refractivity contribution in [3.8, 4) is 5.92 Å². The third-order valence-corrected chi connectivity index (χ3v) is 0.375. The summed E-state index contributed by atoms with van der Waals surface area (Å²) in [5.74, 6) is 2.35. The van der Waals surface area contributed by atoms with Crippen molar-refractivity contribution in [1.82, 2.24) is 0 Å². The van der Waals surface area contributed by atoms with Gasteiger partial charge in [0.2, 0.25) is 0 Å². The fraction of sp³-hybridized carbons (Fsp3) is 0.667. The zero-order valence-electron chi connectivity index (χ0n) is 5.59. The summed E-state index contributed by atoms with van der Waals surface area (Å²) in [7, 11) is 0. The van der Waals surface area contributed by atoms with Crippen LogP contribution in [0.25, 0.3) is 0 Å². The van der Waals surface area contributed by atoms with E-state index in [0.29, 0.717) is 0 Å². The maximum absolute atomic E-state index is 6.60. The fourth-order valence-corrected chi connectivity index (χ4v) is 0. The van der Waals surface area contributed by atoms with E-state index in [0.717, 1.165) is 0 Å². The molecular formula is C6H9BrZn. The van der Waals surface area contributed by atoms with Crippen LogP contribution < -0.4 is 0 Å². The van der Waals surface area contributed by atoms with Gasteiger partial charge in [0.1, 0.15) is 0 Å². The summed E-state index contributed by atoms with van der Waals surface area (Å²) in [4.78, 5) is 0. The predicted molar refractivity (Wildman–Crippen MR) is 35.5 cm³/mol. The monoisotopic (exact) mass is 224 g/mol. The van der Waals surface area contributed by atoms with Crippen LogP contribution in [0.15, 0.2) is 0 Å². The van der Waals surface area contributed by atoms with Gasteiger partial charge in [0.05, 0.1) is 0 Å². The van der Waals surface area contributed by atoms with Gasteiger partial charge >= 0.3 is 30.0 Å². The summed E-state index contributed by atoms with van der Waals surface area (Å²) >= 11 is 4.25. The zero-order chi connectivity index (χ0) is 7.21. The van der Waals surface area contributed by atoms with Gasteiger partial charge in [0.25, 0.3) is 0 Å². The van der Waals surface area contributed by atoms with Crippen molar-refractivity contribution in [3.05, 3.63) is 6.42 Å². The molecule has 8 heavy (non-hydrogen) atoms. The molecule has 0 saturated heterocycles. The Hall–Kier alpha value is 0.663. The molecule has 0 heterocycles. The Labute approximate surface area is 68.5 Å². The van der Waals surface area contributed by atoms with E-state index in [-0.39, 0.29) is 5.41 Å². The molecule has 0 N–H and O–H groups in total. The molecule has 42 valence electrons.